The van der Waals surface area contributed by atoms with E-state index >= 15 is 0 Å². The van der Waals surface area contributed by atoms with Crippen molar-refractivity contribution < 1.29 is 4.74 Å². The third-order valence-corrected chi connectivity index (χ3v) is 2.52. The minimum atomic E-state index is 0.349. The molecule has 0 saturated heterocycles. The average molecular weight is 236 g/mol. The number of pyridine rings is 1. The number of ether oxygens (including phenoxy) is 1. The van der Waals surface area contributed by atoms with Crippen molar-refractivity contribution in [2.75, 3.05) is 13.2 Å². The summed E-state index contributed by atoms with van der Waals surface area (Å²) < 4.78 is 5.55. The summed E-state index contributed by atoms with van der Waals surface area (Å²) in [7, 11) is 0. The van der Waals surface area contributed by atoms with E-state index in [1.807, 2.05) is 12.3 Å². The first-order valence-electron chi connectivity index (χ1n) is 6.45. The van der Waals surface area contributed by atoms with Crippen LogP contribution in [0.5, 0.6) is 5.88 Å². The summed E-state index contributed by atoms with van der Waals surface area (Å²) in [6, 6.07) is 4.37. The number of nitrogens with one attached hydrogen (secondary N) is 1. The van der Waals surface area contributed by atoms with E-state index in [0.29, 0.717) is 17.8 Å². The van der Waals surface area contributed by atoms with E-state index in [1.165, 1.54) is 5.56 Å². The van der Waals surface area contributed by atoms with Crippen molar-refractivity contribution in [1.29, 1.82) is 0 Å². The topological polar surface area (TPSA) is 34.1 Å². The summed E-state index contributed by atoms with van der Waals surface area (Å²) in [5.74, 6) is 1.24. The van der Waals surface area contributed by atoms with Crippen LogP contribution < -0.4 is 10.1 Å². The number of hydrogen-bond donors (Lipinski definition) is 1. The Bertz CT molecular complexity index is 309. The van der Waals surface area contributed by atoms with Gasteiger partial charge in [-0.1, -0.05) is 26.8 Å². The SMILES string of the molecule is CCCNC(C)c1ccc(OCC(C)C)nc1. The largest absolute Gasteiger partial charge is 0.477 e. The zero-order valence-electron chi connectivity index (χ0n) is 11.4. The normalized spacial score (nSPS) is 12.8. The first kappa shape index (κ1) is 14.0. The predicted octanol–water partition coefficient (Wildman–Crippen LogP) is 3.18. The first-order chi connectivity index (χ1) is 8.13. The van der Waals surface area contributed by atoms with Crippen molar-refractivity contribution in [3.8, 4) is 5.88 Å². The molecule has 1 aromatic heterocycles. The second-order valence-corrected chi connectivity index (χ2v) is 4.81. The molecule has 1 aromatic rings. The van der Waals surface area contributed by atoms with Gasteiger partial charge in [0.05, 0.1) is 6.61 Å². The highest BCUT2D eigenvalue weighted by Gasteiger charge is 2.05. The number of rotatable bonds is 7. The summed E-state index contributed by atoms with van der Waals surface area (Å²) in [5, 5.41) is 3.44. The highest BCUT2D eigenvalue weighted by Crippen LogP contribution is 2.14. The minimum Gasteiger partial charge on any atom is -0.477 e. The number of nitrogens with zero attached hydrogens (tertiary/aromatic N) is 1. The van der Waals surface area contributed by atoms with Crippen molar-refractivity contribution in [3.63, 3.8) is 0 Å². The van der Waals surface area contributed by atoms with Crippen LogP contribution in [-0.2, 0) is 0 Å². The minimum absolute atomic E-state index is 0.349. The molecule has 3 nitrogen and oxygen atoms in total. The Morgan fingerprint density at radius 3 is 2.59 bits per heavy atom. The number of aromatic nitrogens is 1. The van der Waals surface area contributed by atoms with Crippen LogP contribution in [0.1, 0.15) is 45.7 Å². The predicted molar refractivity (Wildman–Crippen MR) is 71.3 cm³/mol. The fourth-order valence-electron chi connectivity index (χ4n) is 1.46. The molecule has 0 amide bonds. The van der Waals surface area contributed by atoms with Crippen LogP contribution in [-0.4, -0.2) is 18.1 Å². The van der Waals surface area contributed by atoms with Gasteiger partial charge in [-0.2, -0.15) is 0 Å². The van der Waals surface area contributed by atoms with Gasteiger partial charge in [-0.15, -0.1) is 0 Å². The van der Waals surface area contributed by atoms with E-state index in [4.69, 9.17) is 4.74 Å². The molecule has 0 aromatic carbocycles. The van der Waals surface area contributed by atoms with Gasteiger partial charge in [0.1, 0.15) is 0 Å². The molecule has 0 bridgehead atoms. The maximum atomic E-state index is 5.55. The molecule has 0 spiro atoms. The smallest absolute Gasteiger partial charge is 0.213 e. The van der Waals surface area contributed by atoms with Crippen molar-refractivity contribution in [2.45, 2.75) is 40.2 Å². The van der Waals surface area contributed by atoms with Crippen molar-refractivity contribution in [3.05, 3.63) is 23.9 Å². The van der Waals surface area contributed by atoms with E-state index < -0.39 is 0 Å². The van der Waals surface area contributed by atoms with Crippen molar-refractivity contribution in [1.82, 2.24) is 10.3 Å². The van der Waals surface area contributed by atoms with Gasteiger partial charge in [0.2, 0.25) is 5.88 Å². The van der Waals surface area contributed by atoms with E-state index in [2.05, 4.69) is 44.1 Å². The average Bonchev–Trinajstić information content (AvgIpc) is 2.34. The lowest BCUT2D eigenvalue weighted by atomic mass is 10.1. The summed E-state index contributed by atoms with van der Waals surface area (Å²) in [4.78, 5) is 4.32. The Hall–Kier alpha value is -1.09. The Balaban J connectivity index is 2.49. The lowest BCUT2D eigenvalue weighted by Crippen LogP contribution is -2.19. The van der Waals surface area contributed by atoms with Gasteiger partial charge >= 0.3 is 0 Å². The molecule has 3 heteroatoms. The monoisotopic (exact) mass is 236 g/mol. The third-order valence-electron chi connectivity index (χ3n) is 2.52. The summed E-state index contributed by atoms with van der Waals surface area (Å²) in [5.41, 5.74) is 1.20. The van der Waals surface area contributed by atoms with Gasteiger partial charge in [0.15, 0.2) is 0 Å². The van der Waals surface area contributed by atoms with Crippen LogP contribution >= 0.6 is 0 Å². The Kier molecular flexibility index (Phi) is 5.98. The molecule has 0 aliphatic rings. The molecular weight excluding hydrogens is 212 g/mol. The molecular formula is C14H24N2O. The maximum Gasteiger partial charge on any atom is 0.213 e. The van der Waals surface area contributed by atoms with E-state index in [9.17, 15) is 0 Å². The molecule has 1 atom stereocenters. The van der Waals surface area contributed by atoms with Gasteiger partial charge < -0.3 is 10.1 Å². The Morgan fingerprint density at radius 2 is 2.06 bits per heavy atom. The Labute approximate surface area is 105 Å². The second kappa shape index (κ2) is 7.28. The Morgan fingerprint density at radius 1 is 1.29 bits per heavy atom. The molecule has 1 heterocycles. The van der Waals surface area contributed by atoms with Crippen LogP contribution in [0.2, 0.25) is 0 Å². The molecule has 96 valence electrons. The van der Waals surface area contributed by atoms with Gasteiger partial charge in [-0.3, -0.25) is 0 Å². The van der Waals surface area contributed by atoms with Crippen molar-refractivity contribution in [2.24, 2.45) is 5.92 Å². The quantitative estimate of drug-likeness (QED) is 0.789. The molecule has 0 saturated carbocycles. The summed E-state index contributed by atoms with van der Waals surface area (Å²) in [6.07, 6.45) is 3.04. The highest BCUT2D eigenvalue weighted by molar-refractivity contribution is 5.20. The van der Waals surface area contributed by atoms with Crippen molar-refractivity contribution >= 4 is 0 Å². The van der Waals surface area contributed by atoms with E-state index in [-0.39, 0.29) is 0 Å². The molecule has 0 aliphatic carbocycles. The molecule has 0 fully saturated rings. The van der Waals surface area contributed by atoms with Gasteiger partial charge in [0, 0.05) is 18.3 Å². The fourth-order valence-corrected chi connectivity index (χ4v) is 1.46. The van der Waals surface area contributed by atoms with Crippen LogP contribution in [0.3, 0.4) is 0 Å². The van der Waals surface area contributed by atoms with Gasteiger partial charge in [0.25, 0.3) is 0 Å². The van der Waals surface area contributed by atoms with E-state index in [1.54, 1.807) is 0 Å². The fraction of sp³-hybridized carbons (Fsp3) is 0.643. The number of hydrogen-bond acceptors (Lipinski definition) is 3. The van der Waals surface area contributed by atoms with E-state index in [0.717, 1.165) is 19.6 Å². The van der Waals surface area contributed by atoms with Crippen LogP contribution in [0, 0.1) is 5.92 Å². The lowest BCUT2D eigenvalue weighted by molar-refractivity contribution is 0.261. The molecule has 0 radical (unpaired) electrons. The first-order valence-corrected chi connectivity index (χ1v) is 6.45. The molecule has 1 N–H and O–H groups in total. The zero-order valence-corrected chi connectivity index (χ0v) is 11.4. The third kappa shape index (κ3) is 5.18. The standard InChI is InChI=1S/C14H24N2O/c1-5-8-15-12(4)13-6-7-14(16-9-13)17-10-11(2)3/h6-7,9,11-12,15H,5,8,10H2,1-4H3. The summed E-state index contributed by atoms with van der Waals surface area (Å²) in [6.45, 7) is 10.3. The maximum absolute atomic E-state index is 5.55. The van der Waals surface area contributed by atoms with Gasteiger partial charge in [-0.25, -0.2) is 4.98 Å². The molecule has 0 aliphatic heterocycles. The van der Waals surface area contributed by atoms with Crippen LogP contribution in [0.25, 0.3) is 0 Å². The second-order valence-electron chi connectivity index (χ2n) is 4.81. The van der Waals surface area contributed by atoms with Crippen LogP contribution in [0.4, 0.5) is 0 Å². The zero-order chi connectivity index (χ0) is 12.7. The molecule has 1 rings (SSSR count). The highest BCUT2D eigenvalue weighted by atomic mass is 16.5. The van der Waals surface area contributed by atoms with Gasteiger partial charge in [-0.05, 0) is 31.4 Å². The molecule has 17 heavy (non-hydrogen) atoms. The van der Waals surface area contributed by atoms with Crippen LogP contribution in [0.15, 0.2) is 18.3 Å². The summed E-state index contributed by atoms with van der Waals surface area (Å²) >= 11 is 0. The molecule has 1 unspecified atom stereocenters. The lowest BCUT2D eigenvalue weighted by Gasteiger charge is -2.14.